The third-order valence-corrected chi connectivity index (χ3v) is 3.68. The summed E-state index contributed by atoms with van der Waals surface area (Å²) in [5, 5.41) is 19.1. The van der Waals surface area contributed by atoms with Crippen LogP contribution in [-0.2, 0) is 9.59 Å². The number of hydrogen-bond donors (Lipinski definition) is 2. The third-order valence-electron chi connectivity index (χ3n) is 3.68. The van der Waals surface area contributed by atoms with Crippen LogP contribution in [0.25, 0.3) is 12.2 Å². The monoisotopic (exact) mass is 410 g/mol. The molecule has 2 aromatic carbocycles. The molecule has 2 rings (SSSR count). The quantitative estimate of drug-likeness (QED) is 0.394. The van der Waals surface area contributed by atoms with Crippen molar-refractivity contribution >= 4 is 61.5 Å². The summed E-state index contributed by atoms with van der Waals surface area (Å²) in [7, 11) is 2.87. The first kappa shape index (κ1) is 23.8. The Hall–Kier alpha value is -2.28. The van der Waals surface area contributed by atoms with E-state index >= 15 is 0 Å². The summed E-state index contributed by atoms with van der Waals surface area (Å²) in [6.07, 6.45) is 5.44. The van der Waals surface area contributed by atoms with Crippen LogP contribution < -0.4 is 9.47 Å². The number of hydrogen-bond acceptors (Lipinski definition) is 6. The maximum absolute atomic E-state index is 11.9. The Labute approximate surface area is 196 Å². The molecule has 0 heterocycles. The Bertz CT molecular complexity index is 839. The third kappa shape index (κ3) is 7.03. The van der Waals surface area contributed by atoms with E-state index in [-0.39, 0.29) is 70.1 Å². The molecule has 0 saturated heterocycles. The SMILES string of the molecule is COc1cc(/C=C/C(=O)CC(=O)/C=C/c2ccc(O)c(OC)c2)ccc1O.[Ca+2].[H-].[H-]. The molecule has 0 fully saturated rings. The average molecular weight is 410 g/mol. The van der Waals surface area contributed by atoms with Gasteiger partial charge in [-0.3, -0.25) is 9.59 Å². The van der Waals surface area contributed by atoms with E-state index in [1.165, 1.54) is 38.5 Å². The molecular weight excluding hydrogens is 388 g/mol. The fourth-order valence-electron chi connectivity index (χ4n) is 2.26. The molecular formula is C21H22CaO6. The molecule has 0 aliphatic carbocycles. The van der Waals surface area contributed by atoms with Gasteiger partial charge in [0.15, 0.2) is 34.6 Å². The predicted octanol–water partition coefficient (Wildman–Crippen LogP) is 3.21. The fraction of sp³-hybridized carbons (Fsp3) is 0.143. The smallest absolute Gasteiger partial charge is 1.00 e. The number of rotatable bonds is 8. The standard InChI is InChI=1S/C21H20O6.Ca.2H/c1-26-20-11-14(5-9-18(20)24)3-7-16(22)13-17(23)8-4-15-6-10-19(25)21(12-15)27-2;;;/h3-12,24-25H,13H2,1-2H3;;;/q;+2;2*-1/b7-3+,8-4+;;;. The van der Waals surface area contributed by atoms with Gasteiger partial charge in [0, 0.05) is 0 Å². The summed E-state index contributed by atoms with van der Waals surface area (Å²) >= 11 is 0. The van der Waals surface area contributed by atoms with Gasteiger partial charge >= 0.3 is 37.7 Å². The first-order valence-corrected chi connectivity index (χ1v) is 8.08. The summed E-state index contributed by atoms with van der Waals surface area (Å²) < 4.78 is 10.00. The molecule has 2 N–H and O–H groups in total. The molecule has 144 valence electrons. The average Bonchev–Trinajstić information content (AvgIpc) is 2.66. The molecule has 0 radical (unpaired) electrons. The van der Waals surface area contributed by atoms with Crippen LogP contribution in [0.3, 0.4) is 0 Å². The molecule has 0 atom stereocenters. The van der Waals surface area contributed by atoms with Gasteiger partial charge in [0.2, 0.25) is 0 Å². The van der Waals surface area contributed by atoms with E-state index in [0.29, 0.717) is 22.6 Å². The van der Waals surface area contributed by atoms with Crippen molar-refractivity contribution in [3.8, 4) is 23.0 Å². The molecule has 0 unspecified atom stereocenters. The summed E-state index contributed by atoms with van der Waals surface area (Å²) in [6, 6.07) is 9.34. The Morgan fingerprint density at radius 2 is 1.25 bits per heavy atom. The zero-order valence-electron chi connectivity index (χ0n) is 17.7. The molecule has 0 aliphatic rings. The van der Waals surface area contributed by atoms with Crippen molar-refractivity contribution in [1.29, 1.82) is 0 Å². The predicted molar refractivity (Wildman–Crippen MR) is 110 cm³/mol. The molecule has 0 saturated carbocycles. The van der Waals surface area contributed by atoms with E-state index in [4.69, 9.17) is 9.47 Å². The summed E-state index contributed by atoms with van der Waals surface area (Å²) in [4.78, 5) is 23.9. The van der Waals surface area contributed by atoms with Crippen LogP contribution in [0.5, 0.6) is 23.0 Å². The van der Waals surface area contributed by atoms with E-state index in [1.807, 2.05) is 0 Å². The Balaban J connectivity index is 0. The van der Waals surface area contributed by atoms with Gasteiger partial charge in [0.25, 0.3) is 0 Å². The second kappa shape index (κ2) is 11.5. The van der Waals surface area contributed by atoms with Crippen LogP contribution >= 0.6 is 0 Å². The van der Waals surface area contributed by atoms with Crippen LogP contribution in [0.15, 0.2) is 48.6 Å². The van der Waals surface area contributed by atoms with Gasteiger partial charge in [0.1, 0.15) is 0 Å². The topological polar surface area (TPSA) is 93.1 Å². The number of phenols is 2. The minimum absolute atomic E-state index is 0. The molecule has 0 aromatic heterocycles. The normalized spacial score (nSPS) is 10.6. The largest absolute Gasteiger partial charge is 2.00 e. The number of methoxy groups -OCH3 is 2. The Kier molecular flexibility index (Phi) is 9.79. The summed E-state index contributed by atoms with van der Waals surface area (Å²) in [5.74, 6) is -0.0832. The van der Waals surface area contributed by atoms with E-state index in [1.54, 1.807) is 36.4 Å². The fourth-order valence-corrected chi connectivity index (χ4v) is 2.26. The molecule has 0 amide bonds. The summed E-state index contributed by atoms with van der Waals surface area (Å²) in [5.41, 5.74) is 1.33. The number of aromatic hydroxyl groups is 2. The van der Waals surface area contributed by atoms with Gasteiger partial charge in [-0.15, -0.1) is 0 Å². The molecule has 6 nitrogen and oxygen atoms in total. The van der Waals surface area contributed by atoms with Crippen LogP contribution in [0.2, 0.25) is 0 Å². The van der Waals surface area contributed by atoms with E-state index in [9.17, 15) is 19.8 Å². The number of carbonyl (C=O) groups excluding carboxylic acids is 2. The number of ether oxygens (including phenoxy) is 2. The van der Waals surface area contributed by atoms with Crippen molar-refractivity contribution in [1.82, 2.24) is 0 Å². The van der Waals surface area contributed by atoms with Crippen molar-refractivity contribution in [3.63, 3.8) is 0 Å². The van der Waals surface area contributed by atoms with E-state index in [2.05, 4.69) is 0 Å². The number of benzene rings is 2. The number of phenolic OH excluding ortho intramolecular Hbond substituents is 2. The second-order valence-corrected chi connectivity index (χ2v) is 5.64. The van der Waals surface area contributed by atoms with Gasteiger partial charge < -0.3 is 22.5 Å². The number of carbonyl (C=O) groups is 2. The van der Waals surface area contributed by atoms with Crippen molar-refractivity contribution in [2.75, 3.05) is 14.2 Å². The maximum atomic E-state index is 11.9. The first-order chi connectivity index (χ1) is 12.9. The molecule has 0 aliphatic heterocycles. The number of allylic oxidation sites excluding steroid dienone is 2. The van der Waals surface area contributed by atoms with Crippen molar-refractivity contribution < 1.29 is 32.1 Å². The molecule has 0 bridgehead atoms. The second-order valence-electron chi connectivity index (χ2n) is 5.64. The molecule has 28 heavy (non-hydrogen) atoms. The summed E-state index contributed by atoms with van der Waals surface area (Å²) in [6.45, 7) is 0. The molecule has 7 heteroatoms. The van der Waals surface area contributed by atoms with Crippen molar-refractivity contribution in [2.24, 2.45) is 0 Å². The zero-order chi connectivity index (χ0) is 19.8. The van der Waals surface area contributed by atoms with Gasteiger partial charge in [-0.1, -0.05) is 24.3 Å². The van der Waals surface area contributed by atoms with Crippen molar-refractivity contribution in [2.45, 2.75) is 6.42 Å². The van der Waals surface area contributed by atoms with E-state index < -0.39 is 0 Å². The van der Waals surface area contributed by atoms with Gasteiger partial charge in [0.05, 0.1) is 20.6 Å². The van der Waals surface area contributed by atoms with Crippen LogP contribution in [-0.4, -0.2) is 73.7 Å². The minimum Gasteiger partial charge on any atom is -1.00 e. The van der Waals surface area contributed by atoms with Gasteiger partial charge in [-0.2, -0.15) is 0 Å². The van der Waals surface area contributed by atoms with Crippen LogP contribution in [0.4, 0.5) is 0 Å². The Morgan fingerprint density at radius 3 is 1.61 bits per heavy atom. The first-order valence-electron chi connectivity index (χ1n) is 8.08. The molecule has 2 aromatic rings. The van der Waals surface area contributed by atoms with E-state index in [0.717, 1.165) is 0 Å². The van der Waals surface area contributed by atoms with Crippen LogP contribution in [0, 0.1) is 0 Å². The zero-order valence-corrected chi connectivity index (χ0v) is 17.9. The minimum atomic E-state index is -0.347. The number of ketones is 2. The van der Waals surface area contributed by atoms with Gasteiger partial charge in [-0.05, 0) is 47.5 Å². The maximum Gasteiger partial charge on any atom is 2.00 e. The van der Waals surface area contributed by atoms with Crippen molar-refractivity contribution in [3.05, 3.63) is 59.7 Å². The van der Waals surface area contributed by atoms with Gasteiger partial charge in [-0.25, -0.2) is 0 Å². The Morgan fingerprint density at radius 1 is 0.857 bits per heavy atom. The molecule has 0 spiro atoms. The van der Waals surface area contributed by atoms with Crippen LogP contribution in [0.1, 0.15) is 20.4 Å².